The predicted molar refractivity (Wildman–Crippen MR) is 49.1 cm³/mol. The van der Waals surface area contributed by atoms with Gasteiger partial charge in [-0.15, -0.1) is 0 Å². The monoisotopic (exact) mass is 187 g/mol. The molecule has 2 amide bonds. The topological polar surface area (TPSA) is 93.7 Å². The zero-order chi connectivity index (χ0) is 9.84. The number of nitrogens with two attached hydrogens (primary N) is 2. The molecular weight excluding hydrogens is 170 g/mol. The number of epoxide rings is 1. The molecule has 3 atom stereocenters. The normalized spacial score (nSPS) is 28.2. The second-order valence-corrected chi connectivity index (χ2v) is 3.40. The number of carbonyl (C=O) groups is 1. The maximum absolute atomic E-state index is 10.3. The fourth-order valence-corrected chi connectivity index (χ4v) is 1.37. The Bertz CT molecular complexity index is 186. The van der Waals surface area contributed by atoms with Crippen molar-refractivity contribution in [1.82, 2.24) is 5.32 Å². The minimum Gasteiger partial charge on any atom is -0.368 e. The van der Waals surface area contributed by atoms with E-state index in [4.69, 9.17) is 16.2 Å². The van der Waals surface area contributed by atoms with Gasteiger partial charge in [0, 0.05) is 12.6 Å². The van der Waals surface area contributed by atoms with Gasteiger partial charge in [-0.05, 0) is 19.8 Å². The molecule has 0 aromatic rings. The number of nitrogens with one attached hydrogen (secondary N) is 1. The number of primary amides is 1. The molecule has 5 heteroatoms. The fourth-order valence-electron chi connectivity index (χ4n) is 1.37. The second kappa shape index (κ2) is 4.43. The average Bonchev–Trinajstić information content (AvgIpc) is 2.75. The van der Waals surface area contributed by atoms with Gasteiger partial charge in [-0.25, -0.2) is 4.79 Å². The summed E-state index contributed by atoms with van der Waals surface area (Å²) in [6.45, 7) is 2.59. The van der Waals surface area contributed by atoms with Crippen LogP contribution in [0.25, 0.3) is 0 Å². The smallest absolute Gasteiger partial charge is 0.312 e. The Morgan fingerprint density at radius 2 is 2.31 bits per heavy atom. The highest BCUT2D eigenvalue weighted by molar-refractivity contribution is 5.71. The number of carbonyl (C=O) groups excluding carboxylic acids is 1. The van der Waals surface area contributed by atoms with E-state index >= 15 is 0 Å². The Hall–Kier alpha value is -0.810. The van der Waals surface area contributed by atoms with Crippen LogP contribution < -0.4 is 16.8 Å². The first-order valence-corrected chi connectivity index (χ1v) is 4.55. The SMILES string of the molecule is CC1OC1[C@@H](N)CCCNC(N)=O. The van der Waals surface area contributed by atoms with Crippen molar-refractivity contribution in [3.63, 3.8) is 0 Å². The van der Waals surface area contributed by atoms with Crippen LogP contribution in [0.5, 0.6) is 0 Å². The predicted octanol–water partition coefficient (Wildman–Crippen LogP) is -0.450. The van der Waals surface area contributed by atoms with E-state index in [2.05, 4.69) is 5.32 Å². The van der Waals surface area contributed by atoms with Crippen LogP contribution in [0.3, 0.4) is 0 Å². The van der Waals surface area contributed by atoms with Gasteiger partial charge < -0.3 is 21.5 Å². The summed E-state index contributed by atoms with van der Waals surface area (Å²) in [4.78, 5) is 10.3. The molecule has 0 saturated carbocycles. The summed E-state index contributed by atoms with van der Waals surface area (Å²) in [5, 5.41) is 2.51. The van der Waals surface area contributed by atoms with Crippen molar-refractivity contribution in [3.8, 4) is 0 Å². The van der Waals surface area contributed by atoms with E-state index in [9.17, 15) is 4.79 Å². The lowest BCUT2D eigenvalue weighted by Gasteiger charge is -2.07. The van der Waals surface area contributed by atoms with Crippen molar-refractivity contribution in [3.05, 3.63) is 0 Å². The quantitative estimate of drug-likeness (QED) is 0.402. The molecule has 0 aliphatic carbocycles. The van der Waals surface area contributed by atoms with Gasteiger partial charge in [-0.2, -0.15) is 0 Å². The second-order valence-electron chi connectivity index (χ2n) is 3.40. The summed E-state index contributed by atoms with van der Waals surface area (Å²) >= 11 is 0. The number of hydrogen-bond donors (Lipinski definition) is 3. The summed E-state index contributed by atoms with van der Waals surface area (Å²) in [5.74, 6) is 0. The number of amides is 2. The summed E-state index contributed by atoms with van der Waals surface area (Å²) in [6.07, 6.45) is 2.22. The van der Waals surface area contributed by atoms with Gasteiger partial charge in [0.1, 0.15) is 0 Å². The molecule has 76 valence electrons. The average molecular weight is 187 g/mol. The number of hydrogen-bond acceptors (Lipinski definition) is 3. The maximum atomic E-state index is 10.3. The molecule has 13 heavy (non-hydrogen) atoms. The van der Waals surface area contributed by atoms with Crippen LogP contribution >= 0.6 is 0 Å². The Kier molecular flexibility index (Phi) is 3.50. The molecule has 0 bridgehead atoms. The van der Waals surface area contributed by atoms with Gasteiger partial charge in [-0.3, -0.25) is 0 Å². The van der Waals surface area contributed by atoms with E-state index in [-0.39, 0.29) is 12.1 Å². The third-order valence-corrected chi connectivity index (χ3v) is 2.19. The summed E-state index contributed by atoms with van der Waals surface area (Å²) in [6, 6.07) is -0.394. The Balaban J connectivity index is 1.96. The van der Waals surface area contributed by atoms with Gasteiger partial charge in [-0.1, -0.05) is 0 Å². The van der Waals surface area contributed by atoms with E-state index in [1.807, 2.05) is 6.92 Å². The molecule has 0 radical (unpaired) electrons. The Morgan fingerprint density at radius 1 is 1.69 bits per heavy atom. The zero-order valence-electron chi connectivity index (χ0n) is 7.82. The molecule has 0 spiro atoms. The van der Waals surface area contributed by atoms with Crippen molar-refractivity contribution in [2.45, 2.75) is 38.0 Å². The van der Waals surface area contributed by atoms with Crippen LogP contribution in [0.4, 0.5) is 4.79 Å². The molecular formula is C8H17N3O2. The molecule has 1 aliphatic heterocycles. The molecule has 0 aromatic carbocycles. The third-order valence-electron chi connectivity index (χ3n) is 2.19. The maximum Gasteiger partial charge on any atom is 0.312 e. The van der Waals surface area contributed by atoms with Gasteiger partial charge in [0.05, 0.1) is 12.2 Å². The largest absolute Gasteiger partial charge is 0.368 e. The molecule has 1 heterocycles. The number of ether oxygens (including phenoxy) is 1. The molecule has 5 nitrogen and oxygen atoms in total. The van der Waals surface area contributed by atoms with E-state index in [0.717, 1.165) is 12.8 Å². The van der Waals surface area contributed by atoms with Crippen LogP contribution in [-0.2, 0) is 4.74 Å². The fraction of sp³-hybridized carbons (Fsp3) is 0.875. The van der Waals surface area contributed by atoms with Gasteiger partial charge in [0.25, 0.3) is 0 Å². The number of urea groups is 1. The minimum atomic E-state index is -0.482. The third kappa shape index (κ3) is 3.61. The van der Waals surface area contributed by atoms with Crippen molar-refractivity contribution in [2.75, 3.05) is 6.54 Å². The standard InChI is InChI=1S/C8H17N3O2/c1-5-7(13-5)6(9)3-2-4-11-8(10)12/h5-7H,2-4,9H2,1H3,(H3,10,11,12)/t5?,6-,7?/m0/s1. The molecule has 2 unspecified atom stereocenters. The lowest BCUT2D eigenvalue weighted by Crippen LogP contribution is -2.32. The highest BCUT2D eigenvalue weighted by Gasteiger charge is 2.38. The Morgan fingerprint density at radius 3 is 2.77 bits per heavy atom. The van der Waals surface area contributed by atoms with Gasteiger partial charge in [0.2, 0.25) is 0 Å². The first kappa shape index (κ1) is 10.3. The molecule has 1 rings (SSSR count). The summed E-state index contributed by atoms with van der Waals surface area (Å²) < 4.78 is 5.22. The van der Waals surface area contributed by atoms with Crippen LogP contribution in [-0.4, -0.2) is 30.8 Å². The van der Waals surface area contributed by atoms with Crippen molar-refractivity contribution >= 4 is 6.03 Å². The molecule has 1 aliphatic rings. The lowest BCUT2D eigenvalue weighted by atomic mass is 10.1. The van der Waals surface area contributed by atoms with E-state index in [1.54, 1.807) is 0 Å². The lowest BCUT2D eigenvalue weighted by molar-refractivity contribution is 0.248. The van der Waals surface area contributed by atoms with Crippen LogP contribution in [0, 0.1) is 0 Å². The first-order valence-electron chi connectivity index (χ1n) is 4.55. The van der Waals surface area contributed by atoms with Crippen LogP contribution in [0.15, 0.2) is 0 Å². The first-order chi connectivity index (χ1) is 6.11. The molecule has 0 aromatic heterocycles. The zero-order valence-corrected chi connectivity index (χ0v) is 7.82. The highest BCUT2D eigenvalue weighted by Crippen LogP contribution is 2.25. The van der Waals surface area contributed by atoms with Crippen LogP contribution in [0.1, 0.15) is 19.8 Å². The summed E-state index contributed by atoms with van der Waals surface area (Å²) in [5.41, 5.74) is 10.7. The van der Waals surface area contributed by atoms with Gasteiger partial charge >= 0.3 is 6.03 Å². The molecule has 1 fully saturated rings. The molecule has 1 saturated heterocycles. The van der Waals surface area contributed by atoms with E-state index in [0.29, 0.717) is 12.6 Å². The van der Waals surface area contributed by atoms with Gasteiger partial charge in [0.15, 0.2) is 0 Å². The minimum absolute atomic E-state index is 0.0877. The summed E-state index contributed by atoms with van der Waals surface area (Å²) in [7, 11) is 0. The van der Waals surface area contributed by atoms with Crippen molar-refractivity contribution in [2.24, 2.45) is 11.5 Å². The number of rotatable bonds is 5. The van der Waals surface area contributed by atoms with Crippen molar-refractivity contribution in [1.29, 1.82) is 0 Å². The van der Waals surface area contributed by atoms with Crippen LogP contribution in [0.2, 0.25) is 0 Å². The van der Waals surface area contributed by atoms with E-state index < -0.39 is 6.03 Å². The Labute approximate surface area is 77.8 Å². The highest BCUT2D eigenvalue weighted by atomic mass is 16.6. The molecule has 5 N–H and O–H groups in total. The van der Waals surface area contributed by atoms with E-state index in [1.165, 1.54) is 0 Å². The van der Waals surface area contributed by atoms with Crippen molar-refractivity contribution < 1.29 is 9.53 Å².